The molecule has 2 nitrogen and oxygen atoms in total. The van der Waals surface area contributed by atoms with Gasteiger partial charge in [0.25, 0.3) is 0 Å². The highest BCUT2D eigenvalue weighted by Crippen LogP contribution is 2.34. The first-order valence-electron chi connectivity index (χ1n) is 11.4. The third kappa shape index (κ3) is 8.21. The maximum atomic E-state index is 14.6. The van der Waals surface area contributed by atoms with Gasteiger partial charge >= 0.3 is 0 Å². The lowest BCUT2D eigenvalue weighted by Crippen LogP contribution is -2.17. The fourth-order valence-electron chi connectivity index (χ4n) is 4.74. The summed E-state index contributed by atoms with van der Waals surface area (Å²) in [7, 11) is 3.40. The number of halogens is 1. The Morgan fingerprint density at radius 1 is 0.964 bits per heavy atom. The second kappa shape index (κ2) is 13.3. The number of benzene rings is 1. The van der Waals surface area contributed by atoms with Crippen LogP contribution in [0.15, 0.2) is 18.2 Å². The van der Waals surface area contributed by atoms with Gasteiger partial charge in [0, 0.05) is 20.1 Å². The van der Waals surface area contributed by atoms with E-state index in [-0.39, 0.29) is 11.7 Å². The fourth-order valence-corrected chi connectivity index (χ4v) is 4.74. The molecule has 0 atom stereocenters. The molecule has 1 saturated carbocycles. The van der Waals surface area contributed by atoms with Gasteiger partial charge in [-0.05, 0) is 48.3 Å². The molecule has 0 aromatic heterocycles. The minimum atomic E-state index is -0.0423. The average Bonchev–Trinajstić information content (AvgIpc) is 2.69. The van der Waals surface area contributed by atoms with Crippen molar-refractivity contribution in [2.24, 2.45) is 17.8 Å². The number of hydrogen-bond acceptors (Lipinski definition) is 2. The van der Waals surface area contributed by atoms with E-state index in [4.69, 9.17) is 9.47 Å². The van der Waals surface area contributed by atoms with E-state index < -0.39 is 0 Å². The monoisotopic (exact) mass is 392 g/mol. The van der Waals surface area contributed by atoms with Gasteiger partial charge in [-0.15, -0.1) is 0 Å². The molecule has 0 unspecified atom stereocenters. The van der Waals surface area contributed by atoms with Crippen molar-refractivity contribution in [1.29, 1.82) is 0 Å². The highest BCUT2D eigenvalue weighted by molar-refractivity contribution is 5.25. The van der Waals surface area contributed by atoms with Crippen LogP contribution in [0.3, 0.4) is 0 Å². The van der Waals surface area contributed by atoms with Crippen LogP contribution in [0, 0.1) is 23.6 Å². The molecule has 0 radical (unpaired) electrons. The van der Waals surface area contributed by atoms with Crippen LogP contribution in [0.4, 0.5) is 4.39 Å². The summed E-state index contributed by atoms with van der Waals surface area (Å²) in [5.74, 6) is 1.97. The van der Waals surface area contributed by atoms with Crippen LogP contribution >= 0.6 is 0 Å². The zero-order valence-electron chi connectivity index (χ0n) is 18.4. The topological polar surface area (TPSA) is 18.5 Å². The molecule has 0 aliphatic heterocycles. The molecule has 160 valence electrons. The normalized spacial score (nSPS) is 20.0. The van der Waals surface area contributed by atoms with Crippen molar-refractivity contribution < 1.29 is 13.9 Å². The molecule has 0 spiro atoms. The number of ether oxygens (including phenoxy) is 2. The molecule has 1 fully saturated rings. The van der Waals surface area contributed by atoms with E-state index >= 15 is 0 Å². The Hall–Kier alpha value is -0.930. The molecule has 1 aromatic carbocycles. The minimum Gasteiger partial charge on any atom is -0.384 e. The van der Waals surface area contributed by atoms with Crippen molar-refractivity contribution in [3.8, 4) is 0 Å². The zero-order chi connectivity index (χ0) is 20.2. The van der Waals surface area contributed by atoms with E-state index in [1.54, 1.807) is 20.3 Å². The van der Waals surface area contributed by atoms with Gasteiger partial charge in [0.1, 0.15) is 5.82 Å². The van der Waals surface area contributed by atoms with Gasteiger partial charge in [0.15, 0.2) is 0 Å². The lowest BCUT2D eigenvalue weighted by Gasteiger charge is -2.28. The standard InChI is InChI=1S/C25H41FO2/c1-4-5-6-7-20-8-10-21(11-9-20)12-14-24-15-13-22(17-25(24)26)16-23(18-27-2)19-28-3/h13,15,17,20-21,23H,4-12,14,16,18-19H2,1-3H3. The Morgan fingerprint density at radius 3 is 2.18 bits per heavy atom. The summed E-state index contributed by atoms with van der Waals surface area (Å²) in [6.45, 7) is 3.55. The molecule has 28 heavy (non-hydrogen) atoms. The van der Waals surface area contributed by atoms with Crippen LogP contribution in [0.2, 0.25) is 0 Å². The van der Waals surface area contributed by atoms with Crippen molar-refractivity contribution in [3.05, 3.63) is 35.1 Å². The molecule has 3 heteroatoms. The average molecular weight is 393 g/mol. The van der Waals surface area contributed by atoms with Crippen LogP contribution in [0.1, 0.15) is 75.8 Å². The molecular formula is C25H41FO2. The summed E-state index contributed by atoms with van der Waals surface area (Å²) in [6.07, 6.45) is 13.8. The Morgan fingerprint density at radius 2 is 1.61 bits per heavy atom. The van der Waals surface area contributed by atoms with Crippen molar-refractivity contribution in [2.75, 3.05) is 27.4 Å². The van der Waals surface area contributed by atoms with E-state index in [0.717, 1.165) is 42.2 Å². The quantitative estimate of drug-likeness (QED) is 0.352. The Balaban J connectivity index is 1.76. The van der Waals surface area contributed by atoms with E-state index in [2.05, 4.69) is 13.0 Å². The Bertz CT molecular complexity index is 531. The largest absolute Gasteiger partial charge is 0.384 e. The number of rotatable bonds is 13. The predicted octanol–water partition coefficient (Wildman–Crippen LogP) is 6.60. The number of methoxy groups -OCH3 is 2. The van der Waals surface area contributed by atoms with Crippen molar-refractivity contribution >= 4 is 0 Å². The molecule has 1 aliphatic rings. The second-order valence-electron chi connectivity index (χ2n) is 8.83. The highest BCUT2D eigenvalue weighted by atomic mass is 19.1. The van der Waals surface area contributed by atoms with Crippen LogP contribution < -0.4 is 0 Å². The molecular weight excluding hydrogens is 351 g/mol. The molecule has 0 N–H and O–H groups in total. The lowest BCUT2D eigenvalue weighted by atomic mass is 9.77. The molecule has 2 rings (SSSR count). The third-order valence-electron chi connectivity index (χ3n) is 6.45. The van der Waals surface area contributed by atoms with E-state index in [1.807, 2.05) is 6.07 Å². The smallest absolute Gasteiger partial charge is 0.126 e. The van der Waals surface area contributed by atoms with E-state index in [1.165, 1.54) is 51.4 Å². The van der Waals surface area contributed by atoms with Crippen LogP contribution in [-0.4, -0.2) is 27.4 Å². The van der Waals surface area contributed by atoms with Gasteiger partial charge in [-0.25, -0.2) is 4.39 Å². The molecule has 1 aromatic rings. The predicted molar refractivity (Wildman–Crippen MR) is 115 cm³/mol. The van der Waals surface area contributed by atoms with Crippen molar-refractivity contribution in [1.82, 2.24) is 0 Å². The maximum absolute atomic E-state index is 14.6. The van der Waals surface area contributed by atoms with Gasteiger partial charge in [-0.2, -0.15) is 0 Å². The van der Waals surface area contributed by atoms with Gasteiger partial charge in [-0.1, -0.05) is 70.4 Å². The Kier molecular flexibility index (Phi) is 11.1. The van der Waals surface area contributed by atoms with Crippen LogP contribution in [-0.2, 0) is 22.3 Å². The summed E-state index contributed by atoms with van der Waals surface area (Å²) in [5.41, 5.74) is 1.91. The number of aryl methyl sites for hydroxylation is 1. The molecule has 0 amide bonds. The van der Waals surface area contributed by atoms with Gasteiger partial charge in [0.05, 0.1) is 13.2 Å². The first-order chi connectivity index (χ1) is 13.7. The summed E-state index contributed by atoms with van der Waals surface area (Å²) < 4.78 is 25.1. The minimum absolute atomic E-state index is 0.0423. The van der Waals surface area contributed by atoms with E-state index in [9.17, 15) is 4.39 Å². The summed E-state index contributed by atoms with van der Waals surface area (Å²) in [5, 5.41) is 0. The lowest BCUT2D eigenvalue weighted by molar-refractivity contribution is 0.0848. The molecule has 0 heterocycles. The van der Waals surface area contributed by atoms with E-state index in [0.29, 0.717) is 13.2 Å². The number of unbranched alkanes of at least 4 members (excludes halogenated alkanes) is 2. The fraction of sp³-hybridized carbons (Fsp3) is 0.760. The molecule has 1 aliphatic carbocycles. The highest BCUT2D eigenvalue weighted by Gasteiger charge is 2.21. The number of hydrogen-bond donors (Lipinski definition) is 0. The second-order valence-corrected chi connectivity index (χ2v) is 8.83. The summed E-state index contributed by atoms with van der Waals surface area (Å²) >= 11 is 0. The Labute approximate surface area is 172 Å². The SMILES string of the molecule is CCCCCC1CCC(CCc2ccc(CC(COC)COC)cc2F)CC1. The van der Waals surface area contributed by atoms with Gasteiger partial charge in [0.2, 0.25) is 0 Å². The zero-order valence-corrected chi connectivity index (χ0v) is 18.4. The summed E-state index contributed by atoms with van der Waals surface area (Å²) in [6, 6.07) is 5.80. The molecule has 0 saturated heterocycles. The van der Waals surface area contributed by atoms with Gasteiger partial charge < -0.3 is 9.47 Å². The first-order valence-corrected chi connectivity index (χ1v) is 11.4. The maximum Gasteiger partial charge on any atom is 0.126 e. The molecule has 0 bridgehead atoms. The van der Waals surface area contributed by atoms with Crippen LogP contribution in [0.5, 0.6) is 0 Å². The third-order valence-corrected chi connectivity index (χ3v) is 6.45. The summed E-state index contributed by atoms with van der Waals surface area (Å²) in [4.78, 5) is 0. The first kappa shape index (κ1) is 23.3. The van der Waals surface area contributed by atoms with Gasteiger partial charge in [-0.3, -0.25) is 0 Å². The van der Waals surface area contributed by atoms with Crippen molar-refractivity contribution in [3.63, 3.8) is 0 Å². The van der Waals surface area contributed by atoms with Crippen LogP contribution in [0.25, 0.3) is 0 Å². The van der Waals surface area contributed by atoms with Crippen molar-refractivity contribution in [2.45, 2.75) is 77.6 Å².